The Balaban J connectivity index is 1.51. The molecule has 1 heterocycles. The smallest absolute Gasteiger partial charge is 0.191 e. The normalized spacial score (nSPS) is 17.2. The Morgan fingerprint density at radius 3 is 2.66 bits per heavy atom. The Bertz CT molecular complexity index is 795. The van der Waals surface area contributed by atoms with Gasteiger partial charge in [-0.1, -0.05) is 30.3 Å². The summed E-state index contributed by atoms with van der Waals surface area (Å²) in [7, 11) is 5.13. The second kappa shape index (κ2) is 10.7. The van der Waals surface area contributed by atoms with Crippen molar-refractivity contribution in [1.29, 1.82) is 0 Å². The Kier molecular flexibility index (Phi) is 7.76. The van der Waals surface area contributed by atoms with Crippen LogP contribution in [0.2, 0.25) is 0 Å². The number of methoxy groups -OCH3 is 2. The van der Waals surface area contributed by atoms with Crippen molar-refractivity contribution < 1.29 is 9.47 Å². The second-order valence-electron chi connectivity index (χ2n) is 7.24. The van der Waals surface area contributed by atoms with Gasteiger partial charge in [-0.15, -0.1) is 0 Å². The van der Waals surface area contributed by atoms with E-state index in [1.807, 2.05) is 18.2 Å². The lowest BCUT2D eigenvalue weighted by Gasteiger charge is -2.25. The third kappa shape index (κ3) is 5.87. The number of likely N-dealkylation sites (tertiary alicyclic amines) is 1. The molecule has 0 amide bonds. The lowest BCUT2D eigenvalue weighted by molar-refractivity contribution is 0.245. The van der Waals surface area contributed by atoms with Gasteiger partial charge in [0, 0.05) is 44.4 Å². The van der Waals surface area contributed by atoms with Crippen LogP contribution in [0.25, 0.3) is 0 Å². The van der Waals surface area contributed by atoms with E-state index in [-0.39, 0.29) is 0 Å². The first-order valence-corrected chi connectivity index (χ1v) is 10.2. The third-order valence-electron chi connectivity index (χ3n) is 5.40. The van der Waals surface area contributed by atoms with Gasteiger partial charge in [0.15, 0.2) is 5.96 Å². The molecule has 156 valence electrons. The molecule has 1 aliphatic heterocycles. The molecule has 0 radical (unpaired) electrons. The van der Waals surface area contributed by atoms with Gasteiger partial charge in [-0.3, -0.25) is 9.89 Å². The molecule has 1 saturated heterocycles. The summed E-state index contributed by atoms with van der Waals surface area (Å²) in [4.78, 5) is 6.93. The fourth-order valence-electron chi connectivity index (χ4n) is 3.76. The van der Waals surface area contributed by atoms with Gasteiger partial charge in [-0.2, -0.15) is 0 Å². The van der Waals surface area contributed by atoms with E-state index >= 15 is 0 Å². The fourth-order valence-corrected chi connectivity index (χ4v) is 3.76. The monoisotopic (exact) mass is 396 g/mol. The van der Waals surface area contributed by atoms with Crippen molar-refractivity contribution in [1.82, 2.24) is 15.5 Å². The lowest BCUT2D eigenvalue weighted by Crippen LogP contribution is -2.44. The van der Waals surface area contributed by atoms with Gasteiger partial charge in [-0.25, -0.2) is 0 Å². The predicted molar refractivity (Wildman–Crippen MR) is 118 cm³/mol. The summed E-state index contributed by atoms with van der Waals surface area (Å²) in [6.07, 6.45) is 2.46. The fraction of sp³-hybridized carbons (Fsp3) is 0.435. The molecular formula is C23H32N4O2. The van der Waals surface area contributed by atoms with E-state index in [1.165, 1.54) is 18.4 Å². The topological polar surface area (TPSA) is 58.1 Å². The van der Waals surface area contributed by atoms with Crippen molar-refractivity contribution in [2.75, 3.05) is 34.4 Å². The Morgan fingerprint density at radius 1 is 1.10 bits per heavy atom. The van der Waals surface area contributed by atoms with Crippen LogP contribution in [0.5, 0.6) is 11.5 Å². The average Bonchev–Trinajstić information content (AvgIpc) is 3.21. The molecule has 1 unspecified atom stereocenters. The molecule has 1 atom stereocenters. The average molecular weight is 397 g/mol. The van der Waals surface area contributed by atoms with Crippen LogP contribution >= 0.6 is 0 Å². The molecule has 0 aromatic heterocycles. The van der Waals surface area contributed by atoms with Crippen molar-refractivity contribution in [3.63, 3.8) is 0 Å². The number of hydrogen-bond donors (Lipinski definition) is 2. The van der Waals surface area contributed by atoms with E-state index in [0.29, 0.717) is 12.6 Å². The highest BCUT2D eigenvalue weighted by Crippen LogP contribution is 2.24. The maximum absolute atomic E-state index is 5.48. The quantitative estimate of drug-likeness (QED) is 0.531. The number of nitrogens with zero attached hydrogens (tertiary/aromatic N) is 2. The summed E-state index contributed by atoms with van der Waals surface area (Å²) >= 11 is 0. The minimum absolute atomic E-state index is 0.518. The number of nitrogens with one attached hydrogen (secondary N) is 2. The summed E-state index contributed by atoms with van der Waals surface area (Å²) in [5, 5.41) is 6.88. The van der Waals surface area contributed by atoms with Gasteiger partial charge in [0.2, 0.25) is 0 Å². The molecule has 6 heteroatoms. The maximum atomic E-state index is 5.48. The minimum atomic E-state index is 0.518. The minimum Gasteiger partial charge on any atom is -0.497 e. The molecule has 2 aromatic rings. The summed E-state index contributed by atoms with van der Waals surface area (Å²) in [5.74, 6) is 2.39. The summed E-state index contributed by atoms with van der Waals surface area (Å²) < 4.78 is 10.7. The van der Waals surface area contributed by atoms with Crippen LogP contribution in [0.1, 0.15) is 24.0 Å². The number of rotatable bonds is 8. The van der Waals surface area contributed by atoms with E-state index in [9.17, 15) is 0 Å². The second-order valence-corrected chi connectivity index (χ2v) is 7.24. The van der Waals surface area contributed by atoms with Crippen molar-refractivity contribution in [3.05, 3.63) is 59.7 Å². The predicted octanol–water partition coefficient (Wildman–Crippen LogP) is 3.03. The molecular weight excluding hydrogens is 364 g/mol. The maximum Gasteiger partial charge on any atom is 0.191 e. The summed E-state index contributed by atoms with van der Waals surface area (Å²) in [5.41, 5.74) is 2.43. The zero-order valence-electron chi connectivity index (χ0n) is 17.6. The summed E-state index contributed by atoms with van der Waals surface area (Å²) in [6.45, 7) is 3.66. The molecule has 0 aliphatic carbocycles. The van der Waals surface area contributed by atoms with Crippen LogP contribution in [0.4, 0.5) is 0 Å². The van der Waals surface area contributed by atoms with Gasteiger partial charge in [0.25, 0.3) is 0 Å². The molecule has 1 aliphatic rings. The van der Waals surface area contributed by atoms with Crippen molar-refractivity contribution >= 4 is 5.96 Å². The van der Waals surface area contributed by atoms with Crippen LogP contribution in [-0.2, 0) is 13.1 Å². The zero-order valence-corrected chi connectivity index (χ0v) is 17.6. The van der Waals surface area contributed by atoms with E-state index in [2.05, 4.69) is 50.9 Å². The molecule has 29 heavy (non-hydrogen) atoms. The zero-order chi connectivity index (χ0) is 20.5. The molecule has 1 fully saturated rings. The summed E-state index contributed by atoms with van der Waals surface area (Å²) in [6, 6.07) is 17.1. The number of aliphatic imine (C=N–C) groups is 1. The van der Waals surface area contributed by atoms with Crippen molar-refractivity contribution in [2.45, 2.75) is 32.0 Å². The molecule has 0 bridgehead atoms. The van der Waals surface area contributed by atoms with E-state index in [4.69, 9.17) is 9.47 Å². The number of guanidine groups is 1. The van der Waals surface area contributed by atoms with Crippen LogP contribution in [0.3, 0.4) is 0 Å². The van der Waals surface area contributed by atoms with Gasteiger partial charge in [0.1, 0.15) is 11.5 Å². The molecule has 0 spiro atoms. The highest BCUT2D eigenvalue weighted by Gasteiger charge is 2.24. The Labute approximate surface area is 173 Å². The Hall–Kier alpha value is -2.73. The van der Waals surface area contributed by atoms with Crippen LogP contribution < -0.4 is 20.1 Å². The molecule has 0 saturated carbocycles. The van der Waals surface area contributed by atoms with Crippen LogP contribution in [-0.4, -0.2) is 51.3 Å². The highest BCUT2D eigenvalue weighted by atomic mass is 16.5. The first kappa shape index (κ1) is 21.0. The van der Waals surface area contributed by atoms with Gasteiger partial charge < -0.3 is 20.1 Å². The van der Waals surface area contributed by atoms with Gasteiger partial charge in [-0.05, 0) is 37.1 Å². The third-order valence-corrected chi connectivity index (χ3v) is 5.40. The molecule has 2 aromatic carbocycles. The lowest BCUT2D eigenvalue weighted by atomic mass is 10.2. The van der Waals surface area contributed by atoms with E-state index in [0.717, 1.165) is 42.7 Å². The van der Waals surface area contributed by atoms with Crippen LogP contribution in [0, 0.1) is 0 Å². The van der Waals surface area contributed by atoms with Gasteiger partial charge >= 0.3 is 0 Å². The standard InChI is InChI=1S/C23H32N4O2/c1-24-23(25-15-19-11-12-21(28-2)14-22(19)29-3)26-16-20-10-7-13-27(20)17-18-8-5-4-6-9-18/h4-6,8-9,11-12,14,20H,7,10,13,15-17H2,1-3H3,(H2,24,25,26). The Morgan fingerprint density at radius 2 is 1.93 bits per heavy atom. The van der Waals surface area contributed by atoms with Crippen molar-refractivity contribution in [2.24, 2.45) is 4.99 Å². The van der Waals surface area contributed by atoms with E-state index < -0.39 is 0 Å². The number of hydrogen-bond acceptors (Lipinski definition) is 4. The first-order chi connectivity index (χ1) is 14.2. The largest absolute Gasteiger partial charge is 0.497 e. The molecule has 3 rings (SSSR count). The number of ether oxygens (including phenoxy) is 2. The van der Waals surface area contributed by atoms with Crippen LogP contribution in [0.15, 0.2) is 53.5 Å². The molecule has 2 N–H and O–H groups in total. The highest BCUT2D eigenvalue weighted by molar-refractivity contribution is 5.79. The first-order valence-electron chi connectivity index (χ1n) is 10.2. The SMILES string of the molecule is CN=C(NCc1ccc(OC)cc1OC)NCC1CCCN1Cc1ccccc1. The molecule has 6 nitrogen and oxygen atoms in total. The van der Waals surface area contributed by atoms with Crippen molar-refractivity contribution in [3.8, 4) is 11.5 Å². The van der Waals surface area contributed by atoms with Gasteiger partial charge in [0.05, 0.1) is 14.2 Å². The number of benzene rings is 2. The van der Waals surface area contributed by atoms with E-state index in [1.54, 1.807) is 21.3 Å².